The van der Waals surface area contributed by atoms with Crippen molar-refractivity contribution in [2.24, 2.45) is 0 Å². The monoisotopic (exact) mass is 218 g/mol. The molecule has 0 aliphatic heterocycles. The summed E-state index contributed by atoms with van der Waals surface area (Å²) in [6.45, 7) is 0. The second-order valence-corrected chi connectivity index (χ2v) is 2.46. The molecule has 11 heavy (non-hydrogen) atoms. The third-order valence-electron chi connectivity index (χ3n) is 1.22. The average molecular weight is 219 g/mol. The summed E-state index contributed by atoms with van der Waals surface area (Å²) in [5, 5.41) is 0. The van der Waals surface area contributed by atoms with Crippen LogP contribution < -0.4 is 0 Å². The van der Waals surface area contributed by atoms with Gasteiger partial charge in [-0.25, -0.2) is 8.78 Å². The van der Waals surface area contributed by atoms with E-state index in [-0.39, 0.29) is 5.56 Å². The second kappa shape index (κ2) is 3.62. The zero-order valence-corrected chi connectivity index (χ0v) is 7.11. The van der Waals surface area contributed by atoms with Gasteiger partial charge in [0.05, 0.1) is 0 Å². The molecule has 0 aromatic heterocycles. The molecule has 1 aromatic rings. The summed E-state index contributed by atoms with van der Waals surface area (Å²) in [5.41, 5.74) is 0.238. The van der Waals surface area contributed by atoms with Crippen molar-refractivity contribution in [2.45, 2.75) is 0 Å². The number of hydrogen-bond acceptors (Lipinski definition) is 0. The minimum atomic E-state index is -0.826. The van der Waals surface area contributed by atoms with Crippen LogP contribution in [0.4, 0.5) is 8.78 Å². The summed E-state index contributed by atoms with van der Waals surface area (Å²) in [6, 6.07) is 4.04. The Hall–Kier alpha value is -0.700. The summed E-state index contributed by atoms with van der Waals surface area (Å²) < 4.78 is 25.2. The van der Waals surface area contributed by atoms with E-state index in [2.05, 4.69) is 15.9 Å². The van der Waals surface area contributed by atoms with Crippen LogP contribution in [0.5, 0.6) is 0 Å². The lowest BCUT2D eigenvalue weighted by Crippen LogP contribution is -1.86. The van der Waals surface area contributed by atoms with E-state index in [1.807, 2.05) is 0 Å². The molecule has 3 heteroatoms. The molecule has 0 aliphatic rings. The molecule has 0 fully saturated rings. The maximum atomic E-state index is 12.7. The normalized spacial score (nSPS) is 10.8. The van der Waals surface area contributed by atoms with Crippen LogP contribution >= 0.6 is 15.9 Å². The Labute approximate surface area is 71.7 Å². The molecule has 1 aromatic carbocycles. The van der Waals surface area contributed by atoms with Crippen molar-refractivity contribution in [3.05, 3.63) is 40.4 Å². The van der Waals surface area contributed by atoms with Gasteiger partial charge in [0.1, 0.15) is 0 Å². The lowest BCUT2D eigenvalue weighted by atomic mass is 10.2. The molecule has 0 aliphatic carbocycles. The number of hydrogen-bond donors (Lipinski definition) is 0. The van der Waals surface area contributed by atoms with Crippen LogP contribution in [-0.2, 0) is 0 Å². The average Bonchev–Trinajstić information content (AvgIpc) is 1.99. The summed E-state index contributed by atoms with van der Waals surface area (Å²) in [4.78, 5) is 1.48. The number of rotatable bonds is 1. The van der Waals surface area contributed by atoms with Gasteiger partial charge in [0.15, 0.2) is 11.6 Å². The van der Waals surface area contributed by atoms with Gasteiger partial charge >= 0.3 is 0 Å². The van der Waals surface area contributed by atoms with Crippen molar-refractivity contribution in [3.63, 3.8) is 0 Å². The first-order valence-electron chi connectivity index (χ1n) is 2.96. The lowest BCUT2D eigenvalue weighted by molar-refractivity contribution is 0.507. The predicted molar refractivity (Wildman–Crippen MR) is 44.3 cm³/mol. The first-order valence-corrected chi connectivity index (χ1v) is 3.88. The standard InChI is InChI=1S/C8H5BrF2/c9-5-4-6-2-1-3-7(10)8(6)11/h1-5H/b5-4+. The fourth-order valence-electron chi connectivity index (χ4n) is 0.717. The van der Waals surface area contributed by atoms with Gasteiger partial charge in [-0.05, 0) is 17.1 Å². The molecule has 0 N–H and O–H groups in total. The van der Waals surface area contributed by atoms with Crippen LogP contribution in [0.1, 0.15) is 5.56 Å². The molecule has 0 heterocycles. The van der Waals surface area contributed by atoms with Crippen molar-refractivity contribution in [2.75, 3.05) is 0 Å². The molecule has 1 rings (SSSR count). The topological polar surface area (TPSA) is 0 Å². The molecule has 0 unspecified atom stereocenters. The van der Waals surface area contributed by atoms with Crippen LogP contribution in [0.2, 0.25) is 0 Å². The van der Waals surface area contributed by atoms with Gasteiger partial charge in [-0.15, -0.1) is 0 Å². The first kappa shape index (κ1) is 8.40. The van der Waals surface area contributed by atoms with Crippen molar-refractivity contribution in [1.29, 1.82) is 0 Å². The van der Waals surface area contributed by atoms with E-state index in [0.29, 0.717) is 0 Å². The fourth-order valence-corrected chi connectivity index (χ4v) is 1.00. The largest absolute Gasteiger partial charge is 0.204 e. The van der Waals surface area contributed by atoms with Gasteiger partial charge in [-0.1, -0.05) is 28.1 Å². The van der Waals surface area contributed by atoms with Gasteiger partial charge in [-0.2, -0.15) is 0 Å². The van der Waals surface area contributed by atoms with E-state index in [9.17, 15) is 8.78 Å². The molecule has 0 radical (unpaired) electrons. The van der Waals surface area contributed by atoms with Crippen molar-refractivity contribution in [1.82, 2.24) is 0 Å². The minimum absolute atomic E-state index is 0.238. The highest BCUT2D eigenvalue weighted by molar-refractivity contribution is 9.11. The Bertz CT molecular complexity index is 281. The van der Waals surface area contributed by atoms with Gasteiger partial charge < -0.3 is 0 Å². The summed E-state index contributed by atoms with van der Waals surface area (Å²) in [5.74, 6) is -1.64. The summed E-state index contributed by atoms with van der Waals surface area (Å²) >= 11 is 2.98. The van der Waals surface area contributed by atoms with Crippen LogP contribution in [0.25, 0.3) is 6.08 Å². The Morgan fingerprint density at radius 2 is 2.00 bits per heavy atom. The van der Waals surface area contributed by atoms with Gasteiger partial charge in [0, 0.05) is 5.56 Å². The minimum Gasteiger partial charge on any atom is -0.204 e. The van der Waals surface area contributed by atoms with Gasteiger partial charge in [0.2, 0.25) is 0 Å². The maximum Gasteiger partial charge on any atom is 0.166 e. The van der Waals surface area contributed by atoms with E-state index < -0.39 is 11.6 Å². The van der Waals surface area contributed by atoms with E-state index in [4.69, 9.17) is 0 Å². The molecular formula is C8H5BrF2. The Kier molecular flexibility index (Phi) is 2.76. The molecule has 0 atom stereocenters. The zero-order valence-electron chi connectivity index (χ0n) is 5.52. The highest BCUT2D eigenvalue weighted by Crippen LogP contribution is 2.13. The fraction of sp³-hybridized carbons (Fsp3) is 0. The van der Waals surface area contributed by atoms with Crippen LogP contribution in [-0.4, -0.2) is 0 Å². The number of benzene rings is 1. The van der Waals surface area contributed by atoms with Crippen LogP contribution in [0.15, 0.2) is 23.2 Å². The van der Waals surface area contributed by atoms with E-state index in [1.54, 1.807) is 0 Å². The quantitative estimate of drug-likeness (QED) is 0.679. The molecule has 0 amide bonds. The summed E-state index contributed by atoms with van der Waals surface area (Å²) in [6.07, 6.45) is 1.44. The molecule has 0 saturated heterocycles. The summed E-state index contributed by atoms with van der Waals surface area (Å²) in [7, 11) is 0. The van der Waals surface area contributed by atoms with Gasteiger partial charge in [-0.3, -0.25) is 0 Å². The van der Waals surface area contributed by atoms with Crippen molar-refractivity contribution < 1.29 is 8.78 Å². The first-order chi connectivity index (χ1) is 5.25. The Balaban J connectivity index is 3.16. The Morgan fingerprint density at radius 3 is 2.64 bits per heavy atom. The highest BCUT2D eigenvalue weighted by atomic mass is 79.9. The van der Waals surface area contributed by atoms with Crippen molar-refractivity contribution in [3.8, 4) is 0 Å². The lowest BCUT2D eigenvalue weighted by Gasteiger charge is -1.95. The molecule has 58 valence electrons. The second-order valence-electron chi connectivity index (χ2n) is 1.94. The van der Waals surface area contributed by atoms with E-state index >= 15 is 0 Å². The van der Waals surface area contributed by atoms with E-state index in [0.717, 1.165) is 6.07 Å². The zero-order chi connectivity index (χ0) is 8.27. The number of halogens is 3. The predicted octanol–water partition coefficient (Wildman–Crippen LogP) is 3.33. The maximum absolute atomic E-state index is 12.7. The molecule has 0 spiro atoms. The van der Waals surface area contributed by atoms with E-state index in [1.165, 1.54) is 23.2 Å². The highest BCUT2D eigenvalue weighted by Gasteiger charge is 2.02. The van der Waals surface area contributed by atoms with Gasteiger partial charge in [0.25, 0.3) is 0 Å². The molecule has 0 nitrogen and oxygen atoms in total. The van der Waals surface area contributed by atoms with Crippen molar-refractivity contribution >= 4 is 22.0 Å². The smallest absolute Gasteiger partial charge is 0.166 e. The third-order valence-corrected chi connectivity index (χ3v) is 1.49. The SMILES string of the molecule is Fc1cccc(/C=C/Br)c1F. The van der Waals surface area contributed by atoms with Crippen LogP contribution in [0.3, 0.4) is 0 Å². The third kappa shape index (κ3) is 1.87. The molecule has 0 saturated carbocycles. The molecular weight excluding hydrogens is 214 g/mol. The molecule has 0 bridgehead atoms. The van der Waals surface area contributed by atoms with Crippen LogP contribution in [0, 0.1) is 11.6 Å². The Morgan fingerprint density at radius 1 is 1.27 bits per heavy atom.